The maximum atomic E-state index is 4.60. The van der Waals surface area contributed by atoms with E-state index in [0.717, 1.165) is 12.1 Å². The van der Waals surface area contributed by atoms with E-state index in [1.807, 2.05) is 0 Å². The summed E-state index contributed by atoms with van der Waals surface area (Å²) in [6, 6.07) is 10.9. The molecular weight excluding hydrogens is 182 g/mol. The van der Waals surface area contributed by atoms with E-state index in [1.54, 1.807) is 0 Å². The van der Waals surface area contributed by atoms with Gasteiger partial charge >= 0.3 is 0 Å². The van der Waals surface area contributed by atoms with Gasteiger partial charge in [-0.25, -0.2) is 0 Å². The molecule has 74 valence electrons. The van der Waals surface area contributed by atoms with Gasteiger partial charge in [-0.3, -0.25) is 4.98 Å². The van der Waals surface area contributed by atoms with Crippen LogP contribution in [-0.2, 0) is 6.42 Å². The molecule has 1 aliphatic rings. The van der Waals surface area contributed by atoms with Crippen LogP contribution in [0.4, 0.5) is 0 Å². The quantitative estimate of drug-likeness (QED) is 0.536. The second-order valence-electron chi connectivity index (χ2n) is 4.28. The molecule has 0 atom stereocenters. The monoisotopic (exact) mass is 195 g/mol. The van der Waals surface area contributed by atoms with E-state index in [9.17, 15) is 0 Å². The number of fused-ring (bicyclic) bond motifs is 3. The molecule has 0 aliphatic heterocycles. The van der Waals surface area contributed by atoms with E-state index in [4.69, 9.17) is 0 Å². The topological polar surface area (TPSA) is 12.9 Å². The predicted octanol–water partition coefficient (Wildman–Crippen LogP) is 3.27. The first-order chi connectivity index (χ1) is 7.24. The van der Waals surface area contributed by atoms with E-state index in [1.165, 1.54) is 27.9 Å². The van der Waals surface area contributed by atoms with Crippen molar-refractivity contribution in [1.82, 2.24) is 4.98 Å². The fourth-order valence-corrected chi connectivity index (χ4v) is 2.30. The zero-order valence-corrected chi connectivity index (χ0v) is 9.04. The van der Waals surface area contributed by atoms with E-state index >= 15 is 0 Å². The van der Waals surface area contributed by atoms with Gasteiger partial charge in [0.25, 0.3) is 0 Å². The number of aryl methyl sites for hydroxylation is 2. The fourth-order valence-electron chi connectivity index (χ4n) is 2.30. The number of hydrogen-bond donors (Lipinski definition) is 0. The summed E-state index contributed by atoms with van der Waals surface area (Å²) in [5, 5.41) is 0. The molecule has 15 heavy (non-hydrogen) atoms. The predicted molar refractivity (Wildman–Crippen MR) is 62.0 cm³/mol. The lowest BCUT2D eigenvalue weighted by Crippen LogP contribution is -1.88. The summed E-state index contributed by atoms with van der Waals surface area (Å²) in [6.07, 6.45) is 0.994. The molecule has 0 N–H and O–H groups in total. The highest BCUT2D eigenvalue weighted by atomic mass is 14.7. The van der Waals surface area contributed by atoms with Crippen molar-refractivity contribution in [1.29, 1.82) is 0 Å². The van der Waals surface area contributed by atoms with Crippen molar-refractivity contribution in [3.05, 3.63) is 52.8 Å². The zero-order valence-electron chi connectivity index (χ0n) is 9.04. The third kappa shape index (κ3) is 1.27. The lowest BCUT2D eigenvalue weighted by Gasteiger charge is -2.01. The van der Waals surface area contributed by atoms with Gasteiger partial charge in [-0.05, 0) is 31.0 Å². The first kappa shape index (κ1) is 8.66. The molecule has 1 aromatic carbocycles. The number of nitrogens with zero attached hydrogens (tertiary/aromatic N) is 1. The van der Waals surface area contributed by atoms with E-state index in [2.05, 4.69) is 49.2 Å². The highest BCUT2D eigenvalue weighted by Crippen LogP contribution is 2.35. The minimum absolute atomic E-state index is 0.994. The normalized spacial score (nSPS) is 12.4. The molecule has 0 saturated heterocycles. The van der Waals surface area contributed by atoms with Crippen molar-refractivity contribution in [2.45, 2.75) is 20.3 Å². The van der Waals surface area contributed by atoms with Crippen molar-refractivity contribution in [3.63, 3.8) is 0 Å². The molecule has 1 aliphatic carbocycles. The Bertz CT molecular complexity index is 492. The first-order valence-corrected chi connectivity index (χ1v) is 5.30. The van der Waals surface area contributed by atoms with Gasteiger partial charge < -0.3 is 0 Å². The number of pyridine rings is 1. The Hall–Kier alpha value is -1.63. The zero-order chi connectivity index (χ0) is 10.4. The maximum absolute atomic E-state index is 4.60. The second-order valence-corrected chi connectivity index (χ2v) is 4.28. The van der Waals surface area contributed by atoms with Crippen molar-refractivity contribution in [2.75, 3.05) is 0 Å². The largest absolute Gasteiger partial charge is 0.257 e. The SMILES string of the molecule is Cc1ccc2c(c1)Cc1nc(C)ccc1-2. The van der Waals surface area contributed by atoms with Gasteiger partial charge in [0.2, 0.25) is 0 Å². The summed E-state index contributed by atoms with van der Waals surface area (Å²) in [4.78, 5) is 4.60. The number of hydrogen-bond acceptors (Lipinski definition) is 1. The smallest absolute Gasteiger partial charge is 0.0529 e. The molecule has 0 unspecified atom stereocenters. The van der Waals surface area contributed by atoms with Gasteiger partial charge in [0.1, 0.15) is 0 Å². The van der Waals surface area contributed by atoms with Crippen molar-refractivity contribution in [3.8, 4) is 11.1 Å². The minimum atomic E-state index is 0.994. The summed E-state index contributed by atoms with van der Waals surface area (Å²) in [5.41, 5.74) is 7.77. The van der Waals surface area contributed by atoms with Crippen LogP contribution >= 0.6 is 0 Å². The van der Waals surface area contributed by atoms with Crippen LogP contribution in [0, 0.1) is 13.8 Å². The van der Waals surface area contributed by atoms with Crippen LogP contribution in [0.1, 0.15) is 22.5 Å². The summed E-state index contributed by atoms with van der Waals surface area (Å²) in [6.45, 7) is 4.19. The number of rotatable bonds is 0. The Morgan fingerprint density at radius 3 is 2.67 bits per heavy atom. The van der Waals surface area contributed by atoms with Crippen molar-refractivity contribution in [2.24, 2.45) is 0 Å². The highest BCUT2D eigenvalue weighted by Gasteiger charge is 2.18. The molecule has 0 radical (unpaired) electrons. The lowest BCUT2D eigenvalue weighted by atomic mass is 10.0. The van der Waals surface area contributed by atoms with Crippen LogP contribution in [-0.4, -0.2) is 4.98 Å². The average Bonchev–Trinajstić information content (AvgIpc) is 2.53. The Kier molecular flexibility index (Phi) is 1.69. The molecule has 0 saturated carbocycles. The molecule has 0 bridgehead atoms. The van der Waals surface area contributed by atoms with Gasteiger partial charge in [-0.15, -0.1) is 0 Å². The number of aromatic nitrogens is 1. The number of benzene rings is 1. The van der Waals surface area contributed by atoms with E-state index < -0.39 is 0 Å². The molecule has 1 heteroatoms. The summed E-state index contributed by atoms with van der Waals surface area (Å²) >= 11 is 0. The molecular formula is C14H13N. The minimum Gasteiger partial charge on any atom is -0.257 e. The van der Waals surface area contributed by atoms with Crippen molar-refractivity contribution >= 4 is 0 Å². The van der Waals surface area contributed by atoms with Gasteiger partial charge in [-0.1, -0.05) is 29.8 Å². The lowest BCUT2D eigenvalue weighted by molar-refractivity contribution is 1.07. The van der Waals surface area contributed by atoms with E-state index in [0.29, 0.717) is 0 Å². The average molecular weight is 195 g/mol. The Morgan fingerprint density at radius 2 is 1.80 bits per heavy atom. The van der Waals surface area contributed by atoms with Crippen molar-refractivity contribution < 1.29 is 0 Å². The van der Waals surface area contributed by atoms with Gasteiger partial charge in [0.15, 0.2) is 0 Å². The Morgan fingerprint density at radius 1 is 1.00 bits per heavy atom. The highest BCUT2D eigenvalue weighted by molar-refractivity contribution is 5.75. The fraction of sp³-hybridized carbons (Fsp3) is 0.214. The summed E-state index contributed by atoms with van der Waals surface area (Å²) in [7, 11) is 0. The van der Waals surface area contributed by atoms with Gasteiger partial charge in [-0.2, -0.15) is 0 Å². The van der Waals surface area contributed by atoms with Gasteiger partial charge in [0.05, 0.1) is 5.69 Å². The second kappa shape index (κ2) is 2.93. The van der Waals surface area contributed by atoms with Gasteiger partial charge in [0, 0.05) is 17.7 Å². The molecule has 2 aromatic rings. The summed E-state index contributed by atoms with van der Waals surface area (Å²) in [5.74, 6) is 0. The molecule has 1 heterocycles. The molecule has 3 rings (SSSR count). The van der Waals surface area contributed by atoms with Crippen LogP contribution in [0.2, 0.25) is 0 Å². The van der Waals surface area contributed by atoms with Crippen LogP contribution in [0.3, 0.4) is 0 Å². The molecule has 0 amide bonds. The Balaban J connectivity index is 2.24. The van der Waals surface area contributed by atoms with Crippen LogP contribution in [0.5, 0.6) is 0 Å². The third-order valence-electron chi connectivity index (χ3n) is 3.02. The molecule has 0 spiro atoms. The van der Waals surface area contributed by atoms with Crippen LogP contribution < -0.4 is 0 Å². The maximum Gasteiger partial charge on any atom is 0.0529 e. The van der Waals surface area contributed by atoms with Crippen LogP contribution in [0.25, 0.3) is 11.1 Å². The Labute approximate surface area is 89.8 Å². The van der Waals surface area contributed by atoms with E-state index in [-0.39, 0.29) is 0 Å². The molecule has 1 aromatic heterocycles. The summed E-state index contributed by atoms with van der Waals surface area (Å²) < 4.78 is 0. The molecule has 0 fully saturated rings. The first-order valence-electron chi connectivity index (χ1n) is 5.30. The standard InChI is InChI=1S/C14H13N/c1-9-3-5-12-11(7-9)8-14-13(12)6-4-10(2)15-14/h3-7H,8H2,1-2H3. The third-order valence-corrected chi connectivity index (χ3v) is 3.02. The molecule has 1 nitrogen and oxygen atoms in total. The van der Waals surface area contributed by atoms with Crippen LogP contribution in [0.15, 0.2) is 30.3 Å².